The first kappa shape index (κ1) is 32.9. The van der Waals surface area contributed by atoms with E-state index in [1.165, 1.54) is 13.0 Å². The van der Waals surface area contributed by atoms with Crippen molar-refractivity contribution in [1.29, 1.82) is 0 Å². The lowest BCUT2D eigenvalue weighted by molar-refractivity contribution is -0.186. The molecule has 1 saturated heterocycles. The number of fused-ring (bicyclic) bond motifs is 9. The maximum absolute atomic E-state index is 13.2. The van der Waals surface area contributed by atoms with Crippen molar-refractivity contribution in [2.45, 2.75) is 77.9 Å². The molecule has 4 aliphatic rings. The molecular formula is C38H42N2O9. The first-order valence-electron chi connectivity index (χ1n) is 16.7. The number of phenolic OH excluding ortho intramolecular Hbond substituents is 1. The quantitative estimate of drug-likeness (QED) is 0.204. The number of piperazine rings is 1. The van der Waals surface area contributed by atoms with Gasteiger partial charge in [0.2, 0.25) is 6.79 Å². The molecule has 3 aromatic carbocycles. The van der Waals surface area contributed by atoms with E-state index in [2.05, 4.69) is 4.90 Å². The van der Waals surface area contributed by atoms with Crippen molar-refractivity contribution in [3.63, 3.8) is 0 Å². The highest BCUT2D eigenvalue weighted by atomic mass is 16.7. The van der Waals surface area contributed by atoms with Gasteiger partial charge in [0.15, 0.2) is 23.0 Å². The summed E-state index contributed by atoms with van der Waals surface area (Å²) < 4.78 is 29.5. The summed E-state index contributed by atoms with van der Waals surface area (Å²) in [6.07, 6.45) is 2.95. The molecule has 0 radical (unpaired) electrons. The van der Waals surface area contributed by atoms with Crippen LogP contribution in [0.4, 0.5) is 0 Å². The molecule has 0 amide bonds. The average molecular weight is 671 g/mol. The van der Waals surface area contributed by atoms with Gasteiger partial charge >= 0.3 is 11.9 Å². The zero-order valence-electron chi connectivity index (χ0n) is 28.6. The number of hydrogen-bond donors (Lipinski definition) is 2. The highest BCUT2D eigenvalue weighted by Crippen LogP contribution is 2.58. The summed E-state index contributed by atoms with van der Waals surface area (Å²) in [7, 11) is 1.54. The molecule has 7 rings (SSSR count). The molecule has 4 heterocycles. The molecule has 1 fully saturated rings. The fourth-order valence-corrected chi connectivity index (χ4v) is 8.51. The smallest absolute Gasteiger partial charge is 0.330 e. The van der Waals surface area contributed by atoms with Gasteiger partial charge in [-0.2, -0.15) is 0 Å². The van der Waals surface area contributed by atoms with Gasteiger partial charge in [-0.3, -0.25) is 14.6 Å². The molecule has 49 heavy (non-hydrogen) atoms. The molecule has 0 spiro atoms. The Kier molecular flexibility index (Phi) is 8.54. The third-order valence-electron chi connectivity index (χ3n) is 10.4. The van der Waals surface area contributed by atoms with Gasteiger partial charge < -0.3 is 33.9 Å². The number of nitrogens with zero attached hydrogens (tertiary/aromatic N) is 2. The lowest BCUT2D eigenvalue weighted by Crippen LogP contribution is -2.69. The molecule has 2 N–H and O–H groups in total. The summed E-state index contributed by atoms with van der Waals surface area (Å²) in [5.41, 5.74) is 6.43. The topological polar surface area (TPSA) is 127 Å². The predicted octanol–water partition coefficient (Wildman–Crippen LogP) is 4.82. The standard InChI is InChI=1S/C38H42N2O9/c1-7-39-27-15-24-14-20(3)34(45-6)33(43)30(24)32(39)26-16-25-31(37-36(47-18-48-37)21(4)35(25)49-22(5)41)28(40(26)38(27)44)17-46-29(42)12-11-23-10-8-9-19(2)13-23/h8-14,26-28,32,38,43-44H,7,15-18H2,1-6H3/b12-11+/t26?,27-,28+,32-,38+/m1/s1. The fraction of sp³-hybridized carbons (Fsp3) is 0.421. The summed E-state index contributed by atoms with van der Waals surface area (Å²) >= 11 is 0. The molecule has 3 aromatic rings. The summed E-state index contributed by atoms with van der Waals surface area (Å²) in [6, 6.07) is 7.98. The van der Waals surface area contributed by atoms with E-state index >= 15 is 0 Å². The third kappa shape index (κ3) is 5.40. The molecule has 258 valence electrons. The monoisotopic (exact) mass is 670 g/mol. The number of benzene rings is 3. The summed E-state index contributed by atoms with van der Waals surface area (Å²) in [5, 5.41) is 24.1. The van der Waals surface area contributed by atoms with Gasteiger partial charge in [-0.1, -0.05) is 42.8 Å². The lowest BCUT2D eigenvalue weighted by Gasteiger charge is -2.60. The van der Waals surface area contributed by atoms with Gasteiger partial charge in [-0.15, -0.1) is 0 Å². The van der Waals surface area contributed by atoms with Crippen molar-refractivity contribution < 1.29 is 43.5 Å². The molecule has 0 saturated carbocycles. The van der Waals surface area contributed by atoms with Crippen LogP contribution in [0.5, 0.6) is 28.7 Å². The van der Waals surface area contributed by atoms with Gasteiger partial charge in [0, 0.05) is 41.3 Å². The second-order valence-electron chi connectivity index (χ2n) is 13.2. The first-order valence-corrected chi connectivity index (χ1v) is 16.7. The van der Waals surface area contributed by atoms with Crippen LogP contribution in [0.2, 0.25) is 0 Å². The van der Waals surface area contributed by atoms with Crippen LogP contribution in [-0.4, -0.2) is 77.3 Å². The Morgan fingerprint density at radius 3 is 2.53 bits per heavy atom. The second-order valence-corrected chi connectivity index (χ2v) is 13.2. The van der Waals surface area contributed by atoms with Crippen molar-refractivity contribution in [2.24, 2.45) is 0 Å². The Morgan fingerprint density at radius 1 is 1.04 bits per heavy atom. The van der Waals surface area contributed by atoms with E-state index in [4.69, 9.17) is 23.7 Å². The van der Waals surface area contributed by atoms with E-state index in [0.717, 1.165) is 27.8 Å². The van der Waals surface area contributed by atoms with Crippen LogP contribution in [0.3, 0.4) is 0 Å². The largest absolute Gasteiger partial charge is 0.504 e. The number of likely N-dealkylation sites (N-methyl/N-ethyl adjacent to an activating group) is 1. The van der Waals surface area contributed by atoms with Crippen molar-refractivity contribution in [3.8, 4) is 28.7 Å². The van der Waals surface area contributed by atoms with E-state index in [-0.39, 0.29) is 31.2 Å². The molecule has 11 heteroatoms. The van der Waals surface area contributed by atoms with Crippen molar-refractivity contribution >= 4 is 18.0 Å². The SMILES string of the molecule is CCN1[C@@H]2Cc3cc(C)c(OC)c(O)c3[C@H]1C1Cc3c(OC(C)=O)c(C)c4c(c3[C@H](COC(=O)/C=C/c3cccc(C)c3)N1[C@H]2O)OCO4. The second kappa shape index (κ2) is 12.7. The van der Waals surface area contributed by atoms with Crippen molar-refractivity contribution in [1.82, 2.24) is 9.80 Å². The van der Waals surface area contributed by atoms with Gasteiger partial charge in [0.1, 0.15) is 18.6 Å². The minimum atomic E-state index is -0.977. The zero-order chi connectivity index (χ0) is 34.7. The maximum atomic E-state index is 13.2. The number of aromatic hydroxyl groups is 1. The van der Waals surface area contributed by atoms with Gasteiger partial charge in [-0.05, 0) is 62.9 Å². The molecule has 1 unspecified atom stereocenters. The van der Waals surface area contributed by atoms with Gasteiger partial charge in [0.25, 0.3) is 0 Å². The van der Waals surface area contributed by atoms with Gasteiger partial charge in [0.05, 0.1) is 25.2 Å². The Hall–Kier alpha value is -4.58. The van der Waals surface area contributed by atoms with Crippen LogP contribution in [-0.2, 0) is 27.2 Å². The van der Waals surface area contributed by atoms with Crippen LogP contribution < -0.4 is 18.9 Å². The predicted molar refractivity (Wildman–Crippen MR) is 180 cm³/mol. The Balaban J connectivity index is 1.37. The minimum absolute atomic E-state index is 0.0287. The van der Waals surface area contributed by atoms with E-state index in [1.807, 2.05) is 62.9 Å². The number of carbonyl (C=O) groups excluding carboxylic acids is 2. The van der Waals surface area contributed by atoms with Crippen LogP contribution in [0.15, 0.2) is 36.4 Å². The average Bonchev–Trinajstić information content (AvgIpc) is 3.56. The lowest BCUT2D eigenvalue weighted by atomic mass is 9.73. The third-order valence-corrected chi connectivity index (χ3v) is 10.4. The Labute approximate surface area is 285 Å². The highest BCUT2D eigenvalue weighted by molar-refractivity contribution is 5.87. The number of aryl methyl sites for hydroxylation is 2. The number of rotatable bonds is 7. The molecule has 11 nitrogen and oxygen atoms in total. The summed E-state index contributed by atoms with van der Waals surface area (Å²) in [6.45, 7) is 9.55. The number of esters is 2. The number of phenols is 1. The van der Waals surface area contributed by atoms with Crippen LogP contribution in [0.25, 0.3) is 6.08 Å². The number of ether oxygens (including phenoxy) is 5. The van der Waals surface area contributed by atoms with Crippen LogP contribution in [0, 0.1) is 20.8 Å². The highest BCUT2D eigenvalue weighted by Gasteiger charge is 2.57. The number of carbonyl (C=O) groups is 2. The van der Waals surface area contributed by atoms with Gasteiger partial charge in [-0.25, -0.2) is 4.79 Å². The minimum Gasteiger partial charge on any atom is -0.504 e. The number of methoxy groups -OCH3 is 1. The van der Waals surface area contributed by atoms with Crippen molar-refractivity contribution in [2.75, 3.05) is 27.1 Å². The van der Waals surface area contributed by atoms with Crippen LogP contribution >= 0.6 is 0 Å². The molecule has 2 bridgehead atoms. The summed E-state index contributed by atoms with van der Waals surface area (Å²) in [4.78, 5) is 29.9. The number of hydrogen-bond acceptors (Lipinski definition) is 11. The van der Waals surface area contributed by atoms with Crippen LogP contribution in [0.1, 0.15) is 70.4 Å². The van der Waals surface area contributed by atoms with E-state index in [0.29, 0.717) is 59.1 Å². The molecule has 5 atom stereocenters. The molecule has 0 aromatic heterocycles. The van der Waals surface area contributed by atoms with E-state index in [1.54, 1.807) is 13.2 Å². The molecule has 4 aliphatic heterocycles. The zero-order valence-corrected chi connectivity index (χ0v) is 28.6. The Bertz CT molecular complexity index is 1870. The number of aliphatic hydroxyl groups excluding tert-OH is 1. The maximum Gasteiger partial charge on any atom is 0.330 e. The number of aliphatic hydroxyl groups is 1. The molecule has 0 aliphatic carbocycles. The first-order chi connectivity index (χ1) is 23.5. The summed E-state index contributed by atoms with van der Waals surface area (Å²) in [5.74, 6) is 0.749. The fourth-order valence-electron chi connectivity index (χ4n) is 8.51. The Morgan fingerprint density at radius 2 is 1.82 bits per heavy atom. The molecular weight excluding hydrogens is 628 g/mol. The normalized spacial score (nSPS) is 23.9. The van der Waals surface area contributed by atoms with Crippen molar-refractivity contribution in [3.05, 3.63) is 80.9 Å². The van der Waals surface area contributed by atoms with E-state index < -0.39 is 30.3 Å². The van der Waals surface area contributed by atoms with E-state index in [9.17, 15) is 19.8 Å².